The summed E-state index contributed by atoms with van der Waals surface area (Å²) in [4.78, 5) is 33.7. The van der Waals surface area contributed by atoms with Crippen LogP contribution < -0.4 is 4.74 Å². The minimum atomic E-state index is -5.39. The number of ether oxygens (including phenoxy) is 2. The van der Waals surface area contributed by atoms with Crippen LogP contribution in [0.1, 0.15) is 13.8 Å². The second kappa shape index (κ2) is 10.0. The molecular formula is C15H19F3NO6PS. The topological polar surface area (TPSA) is 93.1 Å². The first-order valence-electron chi connectivity index (χ1n) is 7.75. The molecule has 1 aromatic rings. The second-order valence-corrected chi connectivity index (χ2v) is 9.72. The van der Waals surface area contributed by atoms with Crippen LogP contribution in [0.3, 0.4) is 0 Å². The zero-order chi connectivity index (χ0) is 20.7. The van der Waals surface area contributed by atoms with E-state index in [9.17, 15) is 32.2 Å². The number of halogens is 3. The molecule has 0 aromatic heterocycles. The molecule has 1 N–H and O–H groups in total. The smallest absolute Gasteiger partial charge is 0.465 e. The Morgan fingerprint density at radius 1 is 1.26 bits per heavy atom. The molecule has 12 heteroatoms. The Balaban J connectivity index is 3.35. The monoisotopic (exact) mass is 429 g/mol. The Morgan fingerprint density at radius 3 is 2.33 bits per heavy atom. The highest BCUT2D eigenvalue weighted by Gasteiger charge is 2.51. The molecule has 0 fully saturated rings. The first kappa shape index (κ1) is 23.3. The van der Waals surface area contributed by atoms with E-state index < -0.39 is 37.1 Å². The maximum absolute atomic E-state index is 13.0. The van der Waals surface area contributed by atoms with E-state index >= 15 is 0 Å². The van der Waals surface area contributed by atoms with E-state index in [2.05, 4.69) is 4.74 Å². The number of para-hydroxylation sites is 1. The summed E-state index contributed by atoms with van der Waals surface area (Å²) in [6.07, 6.45) is -5.39. The molecule has 0 saturated heterocycles. The SMILES string of the molecule is CCOC(=O)CN(C(=O)C(F)(F)F)C(Oc1ccccc1)P(=O)(O)SCC. The van der Waals surface area contributed by atoms with Gasteiger partial charge in [0.15, 0.2) is 0 Å². The van der Waals surface area contributed by atoms with Gasteiger partial charge in [-0.1, -0.05) is 36.5 Å². The molecule has 0 aliphatic carbocycles. The highest BCUT2D eigenvalue weighted by molar-refractivity contribution is 8.56. The van der Waals surface area contributed by atoms with Gasteiger partial charge in [0.1, 0.15) is 12.3 Å². The summed E-state index contributed by atoms with van der Waals surface area (Å²) in [5, 5.41) is 0. The highest BCUT2D eigenvalue weighted by atomic mass is 32.7. The van der Waals surface area contributed by atoms with Gasteiger partial charge in [-0.05, 0) is 24.8 Å². The lowest BCUT2D eigenvalue weighted by Crippen LogP contribution is -2.51. The second-order valence-electron chi connectivity index (χ2n) is 4.97. The molecule has 1 aromatic carbocycles. The number of alkyl halides is 3. The van der Waals surface area contributed by atoms with Crippen molar-refractivity contribution in [2.75, 3.05) is 18.9 Å². The van der Waals surface area contributed by atoms with Crippen molar-refractivity contribution in [2.24, 2.45) is 0 Å². The number of carbonyl (C=O) groups is 2. The Labute approximate surface area is 158 Å². The van der Waals surface area contributed by atoms with Gasteiger partial charge in [-0.2, -0.15) is 13.2 Å². The van der Waals surface area contributed by atoms with Crippen molar-refractivity contribution in [3.05, 3.63) is 30.3 Å². The van der Waals surface area contributed by atoms with Crippen LogP contribution in [0.2, 0.25) is 0 Å². The Morgan fingerprint density at radius 2 is 1.85 bits per heavy atom. The van der Waals surface area contributed by atoms with Gasteiger partial charge in [0.05, 0.1) is 6.61 Å². The van der Waals surface area contributed by atoms with Gasteiger partial charge in [0.25, 0.3) is 5.97 Å². The third kappa shape index (κ3) is 7.08. The van der Waals surface area contributed by atoms with E-state index in [1.165, 1.54) is 38.1 Å². The van der Waals surface area contributed by atoms with E-state index in [-0.39, 0.29) is 23.0 Å². The number of hydrogen-bond acceptors (Lipinski definition) is 6. The molecule has 1 rings (SSSR count). The van der Waals surface area contributed by atoms with E-state index in [0.717, 1.165) is 0 Å². The van der Waals surface area contributed by atoms with Gasteiger partial charge >= 0.3 is 24.6 Å². The van der Waals surface area contributed by atoms with Gasteiger partial charge < -0.3 is 14.4 Å². The standard InChI is InChI=1S/C15H19F3NO6PS/c1-3-24-12(20)10-19(13(21)15(16,17)18)14(26(22,23)27-4-2)25-11-8-6-5-7-9-11/h5-9,14H,3-4,10H2,1-2H3,(H,22,23). The number of hydrogen-bond donors (Lipinski definition) is 1. The van der Waals surface area contributed by atoms with E-state index in [1.54, 1.807) is 6.07 Å². The van der Waals surface area contributed by atoms with Crippen molar-refractivity contribution in [3.8, 4) is 5.75 Å². The summed E-state index contributed by atoms with van der Waals surface area (Å²) in [7, 11) is 0. The molecule has 0 spiro atoms. The lowest BCUT2D eigenvalue weighted by molar-refractivity contribution is -0.191. The maximum atomic E-state index is 13.0. The lowest BCUT2D eigenvalue weighted by atomic mass is 10.3. The van der Waals surface area contributed by atoms with Crippen LogP contribution in [0.4, 0.5) is 13.2 Å². The quantitative estimate of drug-likeness (QED) is 0.366. The number of benzene rings is 1. The molecule has 1 amide bonds. The average Bonchev–Trinajstić information content (AvgIpc) is 2.57. The van der Waals surface area contributed by atoms with Crippen molar-refractivity contribution < 1.29 is 41.7 Å². The molecule has 0 aliphatic rings. The van der Waals surface area contributed by atoms with E-state index in [0.29, 0.717) is 11.4 Å². The van der Waals surface area contributed by atoms with Crippen LogP contribution >= 0.6 is 18.0 Å². The molecule has 152 valence electrons. The van der Waals surface area contributed by atoms with Crippen molar-refractivity contribution in [3.63, 3.8) is 0 Å². The van der Waals surface area contributed by atoms with Gasteiger partial charge in [0.2, 0.25) is 0 Å². The number of rotatable bonds is 9. The lowest BCUT2D eigenvalue weighted by Gasteiger charge is -2.33. The number of amides is 1. The maximum Gasteiger partial charge on any atom is 0.471 e. The third-order valence-electron chi connectivity index (χ3n) is 2.95. The van der Waals surface area contributed by atoms with Gasteiger partial charge in [-0.25, -0.2) is 0 Å². The van der Waals surface area contributed by atoms with Crippen LogP contribution in [-0.2, 0) is 18.9 Å². The predicted octanol–water partition coefficient (Wildman–Crippen LogP) is 3.24. The Kier molecular flexibility index (Phi) is 8.64. The fraction of sp³-hybridized carbons (Fsp3) is 0.467. The molecular weight excluding hydrogens is 410 g/mol. The highest BCUT2D eigenvalue weighted by Crippen LogP contribution is 2.60. The molecule has 0 heterocycles. The fourth-order valence-electron chi connectivity index (χ4n) is 1.93. The summed E-state index contributed by atoms with van der Waals surface area (Å²) < 4.78 is 61.5. The minimum Gasteiger partial charge on any atom is -0.465 e. The molecule has 0 bridgehead atoms. The summed E-state index contributed by atoms with van der Waals surface area (Å²) >= 11 is 0.430. The molecule has 27 heavy (non-hydrogen) atoms. The van der Waals surface area contributed by atoms with Gasteiger partial charge in [0, 0.05) is 0 Å². The van der Waals surface area contributed by atoms with Crippen LogP contribution in [0.25, 0.3) is 0 Å². The van der Waals surface area contributed by atoms with Gasteiger partial charge in [-0.3, -0.25) is 19.1 Å². The zero-order valence-corrected chi connectivity index (χ0v) is 16.2. The number of nitrogens with zero attached hydrogens (tertiary/aromatic N) is 1. The van der Waals surface area contributed by atoms with E-state index in [1.807, 2.05) is 0 Å². The molecule has 2 atom stereocenters. The summed E-state index contributed by atoms with van der Waals surface area (Å²) in [6, 6.07) is 7.25. The average molecular weight is 429 g/mol. The Hall–Kier alpha value is -1.71. The minimum absolute atomic E-state index is 0.0442. The molecule has 7 nitrogen and oxygen atoms in total. The first-order chi connectivity index (χ1) is 12.5. The fourth-order valence-corrected chi connectivity index (χ4v) is 5.19. The predicted molar refractivity (Wildman–Crippen MR) is 93.2 cm³/mol. The first-order valence-corrected chi connectivity index (χ1v) is 11.1. The van der Waals surface area contributed by atoms with E-state index in [4.69, 9.17) is 4.74 Å². The van der Waals surface area contributed by atoms with Gasteiger partial charge in [-0.15, -0.1) is 0 Å². The van der Waals surface area contributed by atoms with Crippen molar-refractivity contribution >= 4 is 29.8 Å². The zero-order valence-electron chi connectivity index (χ0n) is 14.5. The third-order valence-corrected chi connectivity index (χ3v) is 6.95. The number of carbonyl (C=O) groups excluding carboxylic acids is 2. The molecule has 0 aliphatic heterocycles. The van der Waals surface area contributed by atoms with Crippen molar-refractivity contribution in [1.82, 2.24) is 4.90 Å². The van der Waals surface area contributed by atoms with Crippen LogP contribution in [0.5, 0.6) is 5.75 Å². The summed E-state index contributed by atoms with van der Waals surface area (Å²) in [6.45, 7) is -2.93. The number of esters is 1. The largest absolute Gasteiger partial charge is 0.471 e. The van der Waals surface area contributed by atoms with Crippen LogP contribution in [-0.4, -0.2) is 52.7 Å². The molecule has 0 saturated carbocycles. The Bertz CT molecular complexity index is 688. The normalized spacial score (nSPS) is 14.7. The van der Waals surface area contributed by atoms with Crippen LogP contribution in [0, 0.1) is 0 Å². The van der Waals surface area contributed by atoms with Crippen molar-refractivity contribution in [1.29, 1.82) is 0 Å². The molecule has 0 radical (unpaired) electrons. The summed E-state index contributed by atoms with van der Waals surface area (Å²) in [5.74, 6) is -5.86. The van der Waals surface area contributed by atoms with Crippen LogP contribution in [0.15, 0.2) is 30.3 Å². The molecule has 2 unspecified atom stereocenters. The van der Waals surface area contributed by atoms with Crippen molar-refractivity contribution in [2.45, 2.75) is 26.0 Å². The summed E-state index contributed by atoms with van der Waals surface area (Å²) in [5.41, 5.74) is 0.